The second-order valence-electron chi connectivity index (χ2n) is 11.3. The summed E-state index contributed by atoms with van der Waals surface area (Å²) >= 11 is 0. The molecule has 4 rings (SSSR count). The number of anilines is 2. The maximum atomic E-state index is 14.0. The number of sulfonamides is 1. The third-order valence-corrected chi connectivity index (χ3v) is 9.02. The number of benzene rings is 3. The maximum Gasteiger partial charge on any atom is 0.251 e. The average Bonchev–Trinajstić information content (AvgIpc) is 2.98. The molecule has 0 spiro atoms. The number of hydrogen-bond acceptors (Lipinski definition) is 6. The van der Waals surface area contributed by atoms with Crippen molar-refractivity contribution in [3.05, 3.63) is 94.6 Å². The summed E-state index contributed by atoms with van der Waals surface area (Å²) in [6.45, 7) is 6.29. The Bertz CT molecular complexity index is 1530. The Morgan fingerprint density at radius 1 is 0.955 bits per heavy atom. The number of nitrogens with zero attached hydrogens (tertiary/aromatic N) is 2. The van der Waals surface area contributed by atoms with E-state index in [1.165, 1.54) is 22.0 Å². The van der Waals surface area contributed by atoms with Crippen LogP contribution in [0.5, 0.6) is 0 Å². The second-order valence-corrected chi connectivity index (χ2v) is 13.2. The number of aliphatic hydroxyl groups excluding tert-OH is 1. The zero-order valence-electron chi connectivity index (χ0n) is 25.5. The average molecular weight is 629 g/mol. The summed E-state index contributed by atoms with van der Waals surface area (Å²) in [5.74, 6) is -1.98. The third kappa shape index (κ3) is 8.77. The van der Waals surface area contributed by atoms with Gasteiger partial charge in [-0.2, -0.15) is 0 Å². The fourth-order valence-electron chi connectivity index (χ4n) is 5.49. The Morgan fingerprint density at radius 2 is 1.68 bits per heavy atom. The van der Waals surface area contributed by atoms with Gasteiger partial charge in [0.25, 0.3) is 5.91 Å². The Balaban J connectivity index is 1.56. The molecule has 0 fully saturated rings. The fourth-order valence-corrected chi connectivity index (χ4v) is 6.42. The van der Waals surface area contributed by atoms with Gasteiger partial charge < -0.3 is 20.6 Å². The van der Waals surface area contributed by atoms with E-state index >= 15 is 0 Å². The van der Waals surface area contributed by atoms with E-state index in [0.29, 0.717) is 43.1 Å². The van der Waals surface area contributed by atoms with E-state index in [-0.39, 0.29) is 18.5 Å². The molecule has 0 radical (unpaired) electrons. The number of carbonyl (C=O) groups is 1. The van der Waals surface area contributed by atoms with Crippen LogP contribution < -0.4 is 19.8 Å². The lowest BCUT2D eigenvalue weighted by molar-refractivity contribution is 0.0830. The number of rotatable bonds is 14. The summed E-state index contributed by atoms with van der Waals surface area (Å²) in [6, 6.07) is 15.2. The lowest BCUT2D eigenvalue weighted by Crippen LogP contribution is -2.49. The highest BCUT2D eigenvalue weighted by molar-refractivity contribution is 7.92. The zero-order valence-corrected chi connectivity index (χ0v) is 26.3. The standard InChI is InChI=1S/C33H42F2N4O4S/c1-4-6-12-38-13-14-39(44(3,42)43)30-11-10-26(19-31(30)38)33(41)37-29(18-25-16-27(34)20-28(35)17-25)32(40)22-36-21-24-9-7-8-23(5-2)15-24/h7-11,15-17,19-20,29,32,36,40H,4-6,12-14,18,21-22H2,1-3H3,(H,37,41)/t29-,32+/m0/s1. The summed E-state index contributed by atoms with van der Waals surface area (Å²) in [7, 11) is -3.52. The van der Waals surface area contributed by atoms with E-state index in [1.54, 1.807) is 18.2 Å². The molecule has 1 amide bonds. The van der Waals surface area contributed by atoms with Crippen LogP contribution in [0.15, 0.2) is 60.7 Å². The van der Waals surface area contributed by atoms with Crippen molar-refractivity contribution in [2.75, 3.05) is 41.6 Å². The molecule has 0 aliphatic carbocycles. The Morgan fingerprint density at radius 3 is 2.36 bits per heavy atom. The third-order valence-electron chi connectivity index (χ3n) is 7.84. The maximum absolute atomic E-state index is 14.0. The molecular weight excluding hydrogens is 586 g/mol. The quantitative estimate of drug-likeness (QED) is 0.245. The molecule has 11 heteroatoms. The van der Waals surface area contributed by atoms with Gasteiger partial charge >= 0.3 is 0 Å². The van der Waals surface area contributed by atoms with E-state index in [0.717, 1.165) is 37.1 Å². The summed E-state index contributed by atoms with van der Waals surface area (Å²) in [6.07, 6.45) is 2.83. The van der Waals surface area contributed by atoms with Crippen molar-refractivity contribution in [3.63, 3.8) is 0 Å². The van der Waals surface area contributed by atoms with Gasteiger partial charge in [-0.1, -0.05) is 44.5 Å². The van der Waals surface area contributed by atoms with Gasteiger partial charge in [0.2, 0.25) is 10.0 Å². The van der Waals surface area contributed by atoms with Gasteiger partial charge in [-0.25, -0.2) is 17.2 Å². The van der Waals surface area contributed by atoms with Crippen LogP contribution in [-0.4, -0.2) is 64.0 Å². The lowest BCUT2D eigenvalue weighted by atomic mass is 9.99. The van der Waals surface area contributed by atoms with Gasteiger partial charge in [-0.05, 0) is 66.3 Å². The van der Waals surface area contributed by atoms with Crippen molar-refractivity contribution < 1.29 is 27.1 Å². The van der Waals surface area contributed by atoms with Crippen molar-refractivity contribution in [3.8, 4) is 0 Å². The van der Waals surface area contributed by atoms with Gasteiger partial charge in [0.05, 0.1) is 36.3 Å². The molecule has 1 heterocycles. The highest BCUT2D eigenvalue weighted by atomic mass is 32.2. The number of nitrogens with one attached hydrogen (secondary N) is 2. The molecule has 0 saturated heterocycles. The molecule has 3 N–H and O–H groups in total. The molecule has 2 atom stereocenters. The summed E-state index contributed by atoms with van der Waals surface area (Å²) in [5, 5.41) is 17.3. The predicted octanol–water partition coefficient (Wildman–Crippen LogP) is 4.41. The van der Waals surface area contributed by atoms with Crippen molar-refractivity contribution >= 4 is 27.3 Å². The molecular formula is C33H42F2N4O4S. The Hall–Kier alpha value is -3.54. The van der Waals surface area contributed by atoms with Crippen molar-refractivity contribution in [2.24, 2.45) is 0 Å². The highest BCUT2D eigenvalue weighted by Gasteiger charge is 2.30. The Labute approximate surface area is 259 Å². The number of unbranched alkanes of at least 4 members (excludes halogenated alkanes) is 1. The molecule has 1 aliphatic heterocycles. The lowest BCUT2D eigenvalue weighted by Gasteiger charge is -2.38. The van der Waals surface area contributed by atoms with Crippen LogP contribution in [0.25, 0.3) is 0 Å². The van der Waals surface area contributed by atoms with Gasteiger partial charge in [0.1, 0.15) is 11.6 Å². The molecule has 1 aliphatic rings. The SMILES string of the molecule is CCCCN1CCN(S(C)(=O)=O)c2ccc(C(=O)N[C@@H](Cc3cc(F)cc(F)c3)[C@H](O)CNCc3cccc(CC)c3)cc21. The number of hydrogen-bond donors (Lipinski definition) is 3. The van der Waals surface area contributed by atoms with Crippen molar-refractivity contribution in [2.45, 2.75) is 58.2 Å². The van der Waals surface area contributed by atoms with E-state index in [2.05, 4.69) is 35.4 Å². The van der Waals surface area contributed by atoms with E-state index < -0.39 is 39.7 Å². The van der Waals surface area contributed by atoms with Gasteiger partial charge in [-0.15, -0.1) is 0 Å². The monoisotopic (exact) mass is 628 g/mol. The van der Waals surface area contributed by atoms with Crippen LogP contribution in [-0.2, 0) is 29.4 Å². The summed E-state index contributed by atoms with van der Waals surface area (Å²) < 4.78 is 54.3. The predicted molar refractivity (Wildman–Crippen MR) is 171 cm³/mol. The minimum absolute atomic E-state index is 0.00991. The minimum atomic E-state index is -3.52. The fraction of sp³-hybridized carbons (Fsp3) is 0.424. The minimum Gasteiger partial charge on any atom is -0.390 e. The summed E-state index contributed by atoms with van der Waals surface area (Å²) in [4.78, 5) is 15.7. The first-order chi connectivity index (χ1) is 21.0. The van der Waals surface area contributed by atoms with Gasteiger partial charge in [-0.3, -0.25) is 9.10 Å². The largest absolute Gasteiger partial charge is 0.390 e. The summed E-state index contributed by atoms with van der Waals surface area (Å²) in [5.41, 5.74) is 3.97. The number of carbonyl (C=O) groups excluding carboxylic acids is 1. The van der Waals surface area contributed by atoms with Crippen LogP contribution in [0.3, 0.4) is 0 Å². The van der Waals surface area contributed by atoms with Crippen molar-refractivity contribution in [1.29, 1.82) is 0 Å². The molecule has 44 heavy (non-hydrogen) atoms. The molecule has 8 nitrogen and oxygen atoms in total. The van der Waals surface area contributed by atoms with E-state index in [4.69, 9.17) is 0 Å². The van der Waals surface area contributed by atoms with Crippen molar-refractivity contribution in [1.82, 2.24) is 10.6 Å². The number of fused-ring (bicyclic) bond motifs is 1. The second kappa shape index (κ2) is 15.0. The highest BCUT2D eigenvalue weighted by Crippen LogP contribution is 2.35. The zero-order chi connectivity index (χ0) is 31.9. The number of halogens is 2. The number of amides is 1. The van der Waals surface area contributed by atoms with Gasteiger partial charge in [0, 0.05) is 37.8 Å². The molecule has 0 saturated carbocycles. The normalized spacial score (nSPS) is 14.7. The smallest absolute Gasteiger partial charge is 0.251 e. The number of aryl methyl sites for hydroxylation is 1. The molecule has 0 bridgehead atoms. The van der Waals surface area contributed by atoms with Crippen LogP contribution in [0.2, 0.25) is 0 Å². The Kier molecular flexibility index (Phi) is 11.3. The molecule has 3 aromatic rings. The topological polar surface area (TPSA) is 102 Å². The van der Waals surface area contributed by atoms with Crippen LogP contribution in [0.1, 0.15) is 53.7 Å². The van der Waals surface area contributed by atoms with E-state index in [9.17, 15) is 27.1 Å². The molecule has 3 aromatic carbocycles. The van der Waals surface area contributed by atoms with E-state index in [1.807, 2.05) is 18.2 Å². The van der Waals surface area contributed by atoms with Crippen LogP contribution >= 0.6 is 0 Å². The first-order valence-electron chi connectivity index (χ1n) is 15.1. The van der Waals surface area contributed by atoms with Crippen LogP contribution in [0.4, 0.5) is 20.2 Å². The number of aliphatic hydroxyl groups is 1. The molecule has 238 valence electrons. The molecule has 0 unspecified atom stereocenters. The van der Waals surface area contributed by atoms with Gasteiger partial charge in [0.15, 0.2) is 0 Å². The first kappa shape index (κ1) is 33.4. The molecule has 0 aromatic heterocycles. The first-order valence-corrected chi connectivity index (χ1v) is 16.9. The van der Waals surface area contributed by atoms with Crippen LogP contribution in [0, 0.1) is 11.6 Å².